The number of aliphatic hydroxyl groups excluding tert-OH is 6. The van der Waals surface area contributed by atoms with Crippen LogP contribution in [-0.4, -0.2) is 117 Å². The van der Waals surface area contributed by atoms with Crippen molar-refractivity contribution in [2.45, 2.75) is 88.1 Å². The predicted octanol–water partition coefficient (Wildman–Crippen LogP) is -3.48. The second-order valence-corrected chi connectivity index (χ2v) is 7.32. The maximum absolute atomic E-state index is 12.0. The van der Waals surface area contributed by atoms with Crippen molar-refractivity contribution in [2.75, 3.05) is 13.2 Å². The van der Waals surface area contributed by atoms with E-state index in [1.54, 1.807) is 6.92 Å². The van der Waals surface area contributed by atoms with E-state index in [9.17, 15) is 40.2 Å². The molecule has 0 saturated carbocycles. The summed E-state index contributed by atoms with van der Waals surface area (Å²) in [6.45, 7) is 1.38. The van der Waals surface area contributed by atoms with E-state index in [-0.39, 0.29) is 6.42 Å². The molecule has 0 unspecified atom stereocenters. The number of aliphatic hydroxyl groups is 6. The normalized spacial score (nSPS) is 40.9. The Balaban J connectivity index is 2.24. The first-order valence-electron chi connectivity index (χ1n) is 9.91. The molecule has 2 fully saturated rings. The van der Waals surface area contributed by atoms with Crippen molar-refractivity contribution >= 4 is 11.9 Å². The lowest BCUT2D eigenvalue weighted by atomic mass is 9.96. The molecule has 2 heterocycles. The number of hydrogen-bond acceptors (Lipinski definition) is 13. The van der Waals surface area contributed by atoms with Gasteiger partial charge in [-0.05, 0) is 6.42 Å². The summed E-state index contributed by atoms with van der Waals surface area (Å²) in [4.78, 5) is 23.5. The van der Waals surface area contributed by atoms with Crippen LogP contribution in [0.1, 0.15) is 26.7 Å². The third kappa shape index (κ3) is 6.09. The molecular weight excluding hydrogens is 424 g/mol. The van der Waals surface area contributed by atoms with Crippen LogP contribution in [0.5, 0.6) is 0 Å². The minimum atomic E-state index is -1.79. The monoisotopic (exact) mass is 454 g/mol. The molecule has 10 atom stereocenters. The van der Waals surface area contributed by atoms with Crippen LogP contribution in [0.15, 0.2) is 0 Å². The van der Waals surface area contributed by atoms with Crippen LogP contribution < -0.4 is 0 Å². The van der Waals surface area contributed by atoms with Crippen molar-refractivity contribution in [1.82, 2.24) is 0 Å². The van der Waals surface area contributed by atoms with Crippen LogP contribution in [0.4, 0.5) is 0 Å². The Kier molecular flexibility index (Phi) is 9.54. The van der Waals surface area contributed by atoms with Gasteiger partial charge in [-0.15, -0.1) is 0 Å². The minimum absolute atomic E-state index is 0.0431. The quantitative estimate of drug-likeness (QED) is 0.198. The minimum Gasteiger partial charge on any atom is -0.455 e. The second kappa shape index (κ2) is 11.4. The third-order valence-electron chi connectivity index (χ3n) is 4.95. The highest BCUT2D eigenvalue weighted by Gasteiger charge is 2.53. The lowest BCUT2D eigenvalue weighted by molar-refractivity contribution is -0.355. The lowest BCUT2D eigenvalue weighted by Crippen LogP contribution is -2.65. The zero-order valence-corrected chi connectivity index (χ0v) is 17.1. The van der Waals surface area contributed by atoms with E-state index < -0.39 is 86.6 Å². The van der Waals surface area contributed by atoms with Crippen LogP contribution in [-0.2, 0) is 33.3 Å². The van der Waals surface area contributed by atoms with Crippen molar-refractivity contribution in [2.24, 2.45) is 0 Å². The summed E-state index contributed by atoms with van der Waals surface area (Å²) in [5.41, 5.74) is 0. The van der Waals surface area contributed by atoms with Crippen molar-refractivity contribution in [1.29, 1.82) is 0 Å². The van der Waals surface area contributed by atoms with Gasteiger partial charge in [0.25, 0.3) is 0 Å². The smallest absolute Gasteiger partial charge is 0.306 e. The van der Waals surface area contributed by atoms with E-state index in [0.29, 0.717) is 6.42 Å². The maximum atomic E-state index is 12.0. The molecule has 31 heavy (non-hydrogen) atoms. The van der Waals surface area contributed by atoms with Gasteiger partial charge in [0.2, 0.25) is 0 Å². The molecule has 0 aliphatic carbocycles. The number of hydrogen-bond donors (Lipinski definition) is 6. The number of carbonyl (C=O) groups excluding carboxylic acids is 2. The van der Waals surface area contributed by atoms with E-state index in [1.165, 1.54) is 0 Å². The van der Waals surface area contributed by atoms with Gasteiger partial charge in [0.15, 0.2) is 24.8 Å². The Labute approximate surface area is 178 Å². The fraction of sp³-hybridized carbons (Fsp3) is 0.889. The molecule has 0 amide bonds. The first-order valence-corrected chi connectivity index (χ1v) is 9.91. The number of carbonyl (C=O) groups is 2. The summed E-state index contributed by atoms with van der Waals surface area (Å²) in [7, 11) is 0. The Bertz CT molecular complexity index is 599. The summed E-state index contributed by atoms with van der Waals surface area (Å²) in [6, 6.07) is 0. The summed E-state index contributed by atoms with van der Waals surface area (Å²) in [5, 5.41) is 59.5. The molecule has 13 heteroatoms. The van der Waals surface area contributed by atoms with E-state index in [4.69, 9.17) is 23.7 Å². The molecule has 0 aromatic heterocycles. The standard InChI is InChI=1S/C18H30O13/c1-3-4-10(22)30-15-9(6-20)29-18(13(25)16(15)27-7(2)21)31-14-8(5-19)28-17(26)12(24)11(14)23/h8-9,11-20,23-26H,3-6H2,1-2H3/t8-,9-,11-,12-,13-,14-,15-,16-,17-,18+/m1/s1. The zero-order chi connectivity index (χ0) is 23.3. The molecule has 6 N–H and O–H groups in total. The summed E-state index contributed by atoms with van der Waals surface area (Å²) in [5.74, 6) is -1.47. The van der Waals surface area contributed by atoms with Gasteiger partial charge in [-0.2, -0.15) is 0 Å². The first kappa shape index (κ1) is 25.8. The average molecular weight is 454 g/mol. The Hall–Kier alpha value is -1.42. The lowest BCUT2D eigenvalue weighted by Gasteiger charge is -2.46. The number of esters is 2. The van der Waals surface area contributed by atoms with Gasteiger partial charge in [0.05, 0.1) is 13.2 Å². The van der Waals surface area contributed by atoms with Gasteiger partial charge in [-0.3, -0.25) is 9.59 Å². The molecule has 2 rings (SSSR count). The molecule has 180 valence electrons. The van der Waals surface area contributed by atoms with Crippen LogP contribution in [0.25, 0.3) is 0 Å². The SMILES string of the molecule is CCCC(=O)O[C@H]1[C@H](OC(C)=O)[C@@H](O)[C@H](O[C@H]2[C@H](O)[C@@H](O)[C@H](O)O[C@@H]2CO)O[C@@H]1CO. The highest BCUT2D eigenvalue weighted by molar-refractivity contribution is 5.70. The van der Waals surface area contributed by atoms with Crippen LogP contribution in [0.3, 0.4) is 0 Å². The predicted molar refractivity (Wildman–Crippen MR) is 96.9 cm³/mol. The second-order valence-electron chi connectivity index (χ2n) is 7.32. The molecular formula is C18H30O13. The summed E-state index contributed by atoms with van der Waals surface area (Å²) < 4.78 is 26.3. The van der Waals surface area contributed by atoms with Crippen molar-refractivity contribution in [3.8, 4) is 0 Å². The van der Waals surface area contributed by atoms with Gasteiger partial charge in [0.1, 0.15) is 36.6 Å². The zero-order valence-electron chi connectivity index (χ0n) is 17.1. The van der Waals surface area contributed by atoms with Gasteiger partial charge in [0, 0.05) is 13.3 Å². The van der Waals surface area contributed by atoms with Crippen LogP contribution in [0, 0.1) is 0 Å². The van der Waals surface area contributed by atoms with Gasteiger partial charge in [-0.1, -0.05) is 6.92 Å². The van der Waals surface area contributed by atoms with E-state index >= 15 is 0 Å². The first-order chi connectivity index (χ1) is 14.6. The Morgan fingerprint density at radius 3 is 2.00 bits per heavy atom. The molecule has 0 aromatic rings. The molecule has 0 radical (unpaired) electrons. The summed E-state index contributed by atoms with van der Waals surface area (Å²) >= 11 is 0. The fourth-order valence-electron chi connectivity index (χ4n) is 3.43. The highest BCUT2D eigenvalue weighted by atomic mass is 16.7. The number of ether oxygens (including phenoxy) is 5. The van der Waals surface area contributed by atoms with Crippen LogP contribution >= 0.6 is 0 Å². The third-order valence-corrected chi connectivity index (χ3v) is 4.95. The van der Waals surface area contributed by atoms with Gasteiger partial charge in [-0.25, -0.2) is 0 Å². The molecule has 2 saturated heterocycles. The van der Waals surface area contributed by atoms with E-state index in [0.717, 1.165) is 6.92 Å². The van der Waals surface area contributed by atoms with E-state index in [2.05, 4.69) is 0 Å². The Morgan fingerprint density at radius 2 is 1.45 bits per heavy atom. The maximum Gasteiger partial charge on any atom is 0.306 e. The molecule has 0 bridgehead atoms. The topological polar surface area (TPSA) is 202 Å². The van der Waals surface area contributed by atoms with Gasteiger partial charge >= 0.3 is 11.9 Å². The van der Waals surface area contributed by atoms with Gasteiger partial charge < -0.3 is 54.3 Å². The van der Waals surface area contributed by atoms with Crippen molar-refractivity contribution < 1.29 is 63.9 Å². The van der Waals surface area contributed by atoms with Crippen LogP contribution in [0.2, 0.25) is 0 Å². The molecule has 0 spiro atoms. The Morgan fingerprint density at radius 1 is 0.839 bits per heavy atom. The molecule has 0 aromatic carbocycles. The average Bonchev–Trinajstić information content (AvgIpc) is 2.72. The highest BCUT2D eigenvalue weighted by Crippen LogP contribution is 2.31. The fourth-order valence-corrected chi connectivity index (χ4v) is 3.43. The number of rotatable bonds is 8. The molecule has 13 nitrogen and oxygen atoms in total. The largest absolute Gasteiger partial charge is 0.455 e. The molecule has 2 aliphatic rings. The van der Waals surface area contributed by atoms with Crippen molar-refractivity contribution in [3.63, 3.8) is 0 Å². The van der Waals surface area contributed by atoms with E-state index in [1.807, 2.05) is 0 Å². The summed E-state index contributed by atoms with van der Waals surface area (Å²) in [6.07, 6.45) is -15.1. The van der Waals surface area contributed by atoms with Crippen molar-refractivity contribution in [3.05, 3.63) is 0 Å². The molecule has 2 aliphatic heterocycles.